The average Bonchev–Trinajstić information content (AvgIpc) is 2.73. The minimum absolute atomic E-state index is 0.539. The van der Waals surface area contributed by atoms with Crippen LogP contribution in [0.3, 0.4) is 0 Å². The Kier molecular flexibility index (Phi) is 4.43. The molecule has 0 amide bonds. The molecule has 1 saturated heterocycles. The first-order valence-electron chi connectivity index (χ1n) is 6.15. The minimum atomic E-state index is -1.98. The lowest BCUT2D eigenvalue weighted by Gasteiger charge is -2.27. The number of nitrogens with two attached hydrogens (primary N) is 1. The van der Waals surface area contributed by atoms with Crippen molar-refractivity contribution in [2.24, 2.45) is 5.73 Å². The van der Waals surface area contributed by atoms with Gasteiger partial charge >= 0.3 is 5.69 Å². The summed E-state index contributed by atoms with van der Waals surface area (Å²) in [6, 6.07) is 0. The molecule has 2 rings (SSSR count). The maximum Gasteiger partial charge on any atom is 0.330 e. The van der Waals surface area contributed by atoms with Crippen LogP contribution in [0.15, 0.2) is 15.8 Å². The third-order valence-corrected chi connectivity index (χ3v) is 3.28. The Balaban J connectivity index is 2.59. The lowest BCUT2D eigenvalue weighted by atomic mass is 9.91. The van der Waals surface area contributed by atoms with Crippen molar-refractivity contribution in [3.63, 3.8) is 0 Å². The molecule has 8 nitrogen and oxygen atoms in total. The number of aromatic nitrogens is 2. The summed E-state index contributed by atoms with van der Waals surface area (Å²) >= 11 is 0. The molecule has 22 heavy (non-hydrogen) atoms. The van der Waals surface area contributed by atoms with Crippen LogP contribution in [0.4, 0.5) is 8.78 Å². The number of hydrogen-bond acceptors (Lipinski definition) is 6. The number of H-pyrrole nitrogens is 1. The number of nitrogens with one attached hydrogen (secondary N) is 1. The highest BCUT2D eigenvalue weighted by atomic mass is 19.1. The van der Waals surface area contributed by atoms with Crippen molar-refractivity contribution in [2.75, 3.05) is 13.3 Å². The fourth-order valence-corrected chi connectivity index (χ4v) is 2.20. The molecule has 1 aromatic rings. The number of aromatic amines is 1. The highest BCUT2D eigenvalue weighted by Gasteiger charge is 2.54. The smallest absolute Gasteiger partial charge is 0.330 e. The molecule has 0 spiro atoms. The highest BCUT2D eigenvalue weighted by Crippen LogP contribution is 2.35. The molecule has 10 heteroatoms. The van der Waals surface area contributed by atoms with E-state index in [2.05, 4.69) is 5.92 Å². The normalized spacial score (nSPS) is 30.9. The van der Waals surface area contributed by atoms with Crippen molar-refractivity contribution in [3.8, 4) is 11.8 Å². The number of aliphatic hydroxyl groups is 2. The van der Waals surface area contributed by atoms with Gasteiger partial charge in [0.25, 0.3) is 5.56 Å². The summed E-state index contributed by atoms with van der Waals surface area (Å²) in [5, 5.41) is 19.2. The quantitative estimate of drug-likeness (QED) is 0.450. The fourth-order valence-electron chi connectivity index (χ4n) is 2.20. The van der Waals surface area contributed by atoms with Crippen LogP contribution in [0.1, 0.15) is 6.23 Å². The van der Waals surface area contributed by atoms with Gasteiger partial charge < -0.3 is 20.7 Å². The van der Waals surface area contributed by atoms with Crippen molar-refractivity contribution in [3.05, 3.63) is 32.9 Å². The maximum atomic E-state index is 13.4. The zero-order valence-corrected chi connectivity index (χ0v) is 11.1. The first-order valence-corrected chi connectivity index (χ1v) is 6.15. The van der Waals surface area contributed by atoms with Crippen molar-refractivity contribution in [1.29, 1.82) is 0 Å². The molecular weight excluding hydrogens is 304 g/mol. The zero-order chi connectivity index (χ0) is 16.5. The van der Waals surface area contributed by atoms with E-state index >= 15 is 0 Å². The van der Waals surface area contributed by atoms with E-state index in [0.717, 1.165) is 0 Å². The van der Waals surface area contributed by atoms with Gasteiger partial charge in [-0.3, -0.25) is 14.3 Å². The summed E-state index contributed by atoms with van der Waals surface area (Å²) in [7, 11) is 0. The summed E-state index contributed by atoms with van der Waals surface area (Å²) in [5.41, 5.74) is 1.61. The van der Waals surface area contributed by atoms with Crippen LogP contribution in [0, 0.1) is 17.7 Å². The van der Waals surface area contributed by atoms with Crippen LogP contribution < -0.4 is 17.0 Å². The van der Waals surface area contributed by atoms with Crippen molar-refractivity contribution in [2.45, 2.75) is 24.0 Å². The molecule has 0 bridgehead atoms. The Morgan fingerprint density at radius 3 is 2.82 bits per heavy atom. The number of aliphatic hydroxyl groups excluding tert-OH is 2. The van der Waals surface area contributed by atoms with E-state index < -0.39 is 54.3 Å². The first-order chi connectivity index (χ1) is 10.3. The number of nitrogens with zero attached hydrogens (tertiary/aromatic N) is 1. The summed E-state index contributed by atoms with van der Waals surface area (Å²) in [6.07, 6.45) is -3.77. The molecular formula is C12H13F2N3O5. The van der Waals surface area contributed by atoms with Crippen LogP contribution in [0.2, 0.25) is 0 Å². The molecule has 2 heterocycles. The number of hydrogen-bond donors (Lipinski definition) is 4. The van der Waals surface area contributed by atoms with E-state index in [-0.39, 0.29) is 0 Å². The van der Waals surface area contributed by atoms with E-state index in [1.54, 1.807) is 4.98 Å². The van der Waals surface area contributed by atoms with Crippen LogP contribution >= 0.6 is 0 Å². The van der Waals surface area contributed by atoms with E-state index in [1.807, 2.05) is 5.92 Å². The lowest BCUT2D eigenvalue weighted by molar-refractivity contribution is -0.0480. The largest absolute Gasteiger partial charge is 0.394 e. The molecule has 1 aromatic heterocycles. The van der Waals surface area contributed by atoms with Gasteiger partial charge in [-0.25, -0.2) is 9.18 Å². The minimum Gasteiger partial charge on any atom is -0.394 e. The van der Waals surface area contributed by atoms with Gasteiger partial charge in [-0.05, 0) is 0 Å². The number of alkyl halides is 1. The van der Waals surface area contributed by atoms with Gasteiger partial charge in [0.1, 0.15) is 18.9 Å². The third kappa shape index (κ3) is 2.55. The lowest BCUT2D eigenvalue weighted by Crippen LogP contribution is -2.55. The van der Waals surface area contributed by atoms with Crippen LogP contribution in [-0.4, -0.2) is 50.8 Å². The summed E-state index contributed by atoms with van der Waals surface area (Å²) in [5.74, 6) is 2.94. The summed E-state index contributed by atoms with van der Waals surface area (Å²) < 4.78 is 31.5. The Morgan fingerprint density at radius 2 is 2.23 bits per heavy atom. The predicted octanol–water partition coefficient (Wildman–Crippen LogP) is -2.40. The summed E-state index contributed by atoms with van der Waals surface area (Å²) in [6.45, 7) is -1.73. The van der Waals surface area contributed by atoms with Gasteiger partial charge in [0.15, 0.2) is 11.8 Å². The fraction of sp³-hybridized carbons (Fsp3) is 0.500. The van der Waals surface area contributed by atoms with E-state index in [9.17, 15) is 23.5 Å². The van der Waals surface area contributed by atoms with Crippen LogP contribution in [-0.2, 0) is 4.74 Å². The molecule has 120 valence electrons. The van der Waals surface area contributed by atoms with Gasteiger partial charge in [-0.15, -0.1) is 0 Å². The van der Waals surface area contributed by atoms with E-state index in [0.29, 0.717) is 10.8 Å². The first kappa shape index (κ1) is 16.3. The number of rotatable bonds is 2. The average molecular weight is 317 g/mol. The van der Waals surface area contributed by atoms with Gasteiger partial charge in [-0.1, -0.05) is 11.8 Å². The molecule has 3 unspecified atom stereocenters. The zero-order valence-electron chi connectivity index (χ0n) is 11.1. The van der Waals surface area contributed by atoms with Crippen molar-refractivity contribution < 1.29 is 23.7 Å². The standard InChI is InChI=1S/C12H13F2N3O5/c13-3-1-2-12(15)8(19)7(5-18)22-10(12)17-4-6(14)9(20)16-11(17)21/h4,7-8,10,18-19H,3,5,15H2,(H,16,20,21)/t7?,8-,10?,12?/m0/s1. The van der Waals surface area contributed by atoms with Crippen LogP contribution in [0.25, 0.3) is 0 Å². The molecule has 0 aliphatic carbocycles. The molecule has 0 radical (unpaired) electrons. The number of ether oxygens (including phenoxy) is 1. The Morgan fingerprint density at radius 1 is 1.55 bits per heavy atom. The molecule has 1 fully saturated rings. The van der Waals surface area contributed by atoms with Crippen molar-refractivity contribution in [1.82, 2.24) is 9.55 Å². The molecule has 1 aliphatic rings. The Hall–Kier alpha value is -2.06. The monoisotopic (exact) mass is 317 g/mol. The topological polar surface area (TPSA) is 131 Å². The second kappa shape index (κ2) is 5.98. The molecule has 4 atom stereocenters. The predicted molar refractivity (Wildman–Crippen MR) is 69.0 cm³/mol. The summed E-state index contributed by atoms with van der Waals surface area (Å²) in [4.78, 5) is 24.5. The Labute approximate surface area is 122 Å². The second-order valence-electron chi connectivity index (χ2n) is 4.67. The van der Waals surface area contributed by atoms with Gasteiger partial charge in [-0.2, -0.15) is 4.39 Å². The molecule has 1 aliphatic heterocycles. The van der Waals surface area contributed by atoms with Gasteiger partial charge in [0.05, 0.1) is 12.8 Å². The van der Waals surface area contributed by atoms with Crippen molar-refractivity contribution >= 4 is 0 Å². The van der Waals surface area contributed by atoms with E-state index in [4.69, 9.17) is 15.6 Å². The second-order valence-corrected chi connectivity index (χ2v) is 4.67. The van der Waals surface area contributed by atoms with Gasteiger partial charge in [0.2, 0.25) is 5.82 Å². The molecule has 5 N–H and O–H groups in total. The number of halogens is 2. The van der Waals surface area contributed by atoms with Crippen LogP contribution in [0.5, 0.6) is 0 Å². The third-order valence-electron chi connectivity index (χ3n) is 3.28. The van der Waals surface area contributed by atoms with E-state index in [1.165, 1.54) is 0 Å². The maximum absolute atomic E-state index is 13.4. The SMILES string of the molecule is NC1(C#CCF)C(n2cc(F)c(=O)[nH]c2=O)OC(CO)[C@@H]1O. The highest BCUT2D eigenvalue weighted by molar-refractivity contribution is 5.26. The molecule has 0 aromatic carbocycles. The van der Waals surface area contributed by atoms with Gasteiger partial charge in [0, 0.05) is 0 Å². The Bertz CT molecular complexity index is 737. The molecule has 0 saturated carbocycles.